The molecule has 2 N–H and O–H groups in total. The van der Waals surface area contributed by atoms with Gasteiger partial charge in [0.25, 0.3) is 0 Å². The third kappa shape index (κ3) is 4.79. The molecule has 19 heavy (non-hydrogen) atoms. The maximum absolute atomic E-state index is 11.6. The molecule has 0 aliphatic heterocycles. The van der Waals surface area contributed by atoms with E-state index in [4.69, 9.17) is 4.74 Å². The van der Waals surface area contributed by atoms with Crippen molar-refractivity contribution in [1.82, 2.24) is 5.43 Å². The Bertz CT molecular complexity index is 494. The van der Waals surface area contributed by atoms with Crippen LogP contribution in [0.15, 0.2) is 29.4 Å². The molecule has 0 bridgehead atoms. The molecule has 0 saturated heterocycles. The first-order valence-electron chi connectivity index (χ1n) is 5.88. The van der Waals surface area contributed by atoms with Gasteiger partial charge in [0.2, 0.25) is 0 Å². The Kier molecular flexibility index (Phi) is 5.53. The fourth-order valence-corrected chi connectivity index (χ4v) is 1.24. The number of amides is 2. The fraction of sp³-hybridized carbons (Fsp3) is 0.308. The Morgan fingerprint density at radius 3 is 2.53 bits per heavy atom. The summed E-state index contributed by atoms with van der Waals surface area (Å²) in [4.78, 5) is 23.1. The van der Waals surface area contributed by atoms with Crippen LogP contribution in [0.1, 0.15) is 20.8 Å². The number of hydrogen-bond donors (Lipinski definition) is 2. The summed E-state index contributed by atoms with van der Waals surface area (Å²) >= 11 is 0. The Hall–Kier alpha value is -2.37. The van der Waals surface area contributed by atoms with E-state index in [0.717, 1.165) is 0 Å². The van der Waals surface area contributed by atoms with Crippen molar-refractivity contribution in [3.63, 3.8) is 0 Å². The van der Waals surface area contributed by atoms with Crippen LogP contribution >= 0.6 is 0 Å². The number of para-hydroxylation sites is 2. The molecule has 0 aliphatic carbocycles. The largest absolute Gasteiger partial charge is 0.492 e. The molecular formula is C13H17N3O3. The van der Waals surface area contributed by atoms with Crippen LogP contribution in [0.25, 0.3) is 0 Å². The third-order valence-corrected chi connectivity index (χ3v) is 2.02. The molecule has 0 saturated carbocycles. The van der Waals surface area contributed by atoms with Crippen LogP contribution in [-0.4, -0.2) is 24.1 Å². The van der Waals surface area contributed by atoms with E-state index in [2.05, 4.69) is 15.8 Å². The van der Waals surface area contributed by atoms with Gasteiger partial charge in [-0.2, -0.15) is 5.10 Å². The summed E-state index contributed by atoms with van der Waals surface area (Å²) in [6, 6.07) is 6.89. The van der Waals surface area contributed by atoms with E-state index >= 15 is 0 Å². The molecule has 0 aliphatic rings. The maximum Gasteiger partial charge on any atom is 0.329 e. The smallest absolute Gasteiger partial charge is 0.329 e. The van der Waals surface area contributed by atoms with Crippen LogP contribution in [0.2, 0.25) is 0 Å². The van der Waals surface area contributed by atoms with Gasteiger partial charge in [-0.25, -0.2) is 5.43 Å². The fourth-order valence-electron chi connectivity index (χ4n) is 1.24. The molecule has 1 aromatic carbocycles. The van der Waals surface area contributed by atoms with Crippen LogP contribution in [0.3, 0.4) is 0 Å². The molecule has 1 aromatic rings. The number of nitrogens with one attached hydrogen (secondary N) is 2. The van der Waals surface area contributed by atoms with Gasteiger partial charge in [0.15, 0.2) is 0 Å². The van der Waals surface area contributed by atoms with Crippen molar-refractivity contribution < 1.29 is 14.3 Å². The van der Waals surface area contributed by atoms with Gasteiger partial charge < -0.3 is 10.1 Å². The average Bonchev–Trinajstić information content (AvgIpc) is 2.38. The minimum atomic E-state index is -0.826. The molecule has 0 spiro atoms. The zero-order valence-corrected chi connectivity index (χ0v) is 11.2. The highest BCUT2D eigenvalue weighted by molar-refractivity contribution is 6.39. The monoisotopic (exact) mass is 263 g/mol. The van der Waals surface area contributed by atoms with E-state index < -0.39 is 11.8 Å². The van der Waals surface area contributed by atoms with Crippen LogP contribution in [0.5, 0.6) is 5.75 Å². The van der Waals surface area contributed by atoms with Gasteiger partial charge in [-0.1, -0.05) is 12.1 Å². The van der Waals surface area contributed by atoms with E-state index in [1.165, 1.54) is 0 Å². The number of rotatable bonds is 4. The van der Waals surface area contributed by atoms with Crippen molar-refractivity contribution in [3.8, 4) is 5.75 Å². The van der Waals surface area contributed by atoms with Crippen molar-refractivity contribution >= 4 is 23.2 Å². The summed E-state index contributed by atoms with van der Waals surface area (Å²) in [5, 5.41) is 6.14. The number of nitrogens with zero attached hydrogens (tertiary/aromatic N) is 1. The molecule has 6 heteroatoms. The van der Waals surface area contributed by atoms with Crippen LogP contribution < -0.4 is 15.5 Å². The Labute approximate surface area is 111 Å². The van der Waals surface area contributed by atoms with E-state index in [0.29, 0.717) is 23.8 Å². The molecular weight excluding hydrogens is 246 g/mol. The Morgan fingerprint density at radius 2 is 1.89 bits per heavy atom. The number of carbonyl (C=O) groups is 2. The average molecular weight is 263 g/mol. The number of ether oxygens (including phenoxy) is 1. The van der Waals surface area contributed by atoms with Crippen molar-refractivity contribution in [2.75, 3.05) is 11.9 Å². The van der Waals surface area contributed by atoms with Gasteiger partial charge in [0.05, 0.1) is 12.3 Å². The van der Waals surface area contributed by atoms with Crippen molar-refractivity contribution in [3.05, 3.63) is 24.3 Å². The van der Waals surface area contributed by atoms with Gasteiger partial charge in [0.1, 0.15) is 5.75 Å². The molecule has 1 rings (SSSR count). The van der Waals surface area contributed by atoms with Crippen LogP contribution in [0, 0.1) is 0 Å². The van der Waals surface area contributed by atoms with E-state index in [1.54, 1.807) is 38.1 Å². The number of carbonyl (C=O) groups excluding carboxylic acids is 2. The minimum Gasteiger partial charge on any atom is -0.492 e. The number of benzene rings is 1. The number of hydrazone groups is 1. The third-order valence-electron chi connectivity index (χ3n) is 2.02. The zero-order valence-electron chi connectivity index (χ0n) is 11.2. The second-order valence-electron chi connectivity index (χ2n) is 3.88. The first-order chi connectivity index (χ1) is 9.04. The van der Waals surface area contributed by atoms with E-state index in [9.17, 15) is 9.59 Å². The quantitative estimate of drug-likeness (QED) is 0.491. The van der Waals surface area contributed by atoms with Crippen molar-refractivity contribution in [2.45, 2.75) is 20.8 Å². The summed E-state index contributed by atoms with van der Waals surface area (Å²) in [5.74, 6) is -1.11. The molecule has 0 aromatic heterocycles. The summed E-state index contributed by atoms with van der Waals surface area (Å²) in [7, 11) is 0. The lowest BCUT2D eigenvalue weighted by atomic mass is 10.3. The number of anilines is 1. The first kappa shape index (κ1) is 14.7. The highest BCUT2D eigenvalue weighted by Crippen LogP contribution is 2.23. The predicted molar refractivity (Wildman–Crippen MR) is 73.2 cm³/mol. The van der Waals surface area contributed by atoms with E-state index in [-0.39, 0.29) is 0 Å². The Balaban J connectivity index is 2.71. The van der Waals surface area contributed by atoms with Crippen molar-refractivity contribution in [2.24, 2.45) is 5.10 Å². The molecule has 0 heterocycles. The molecule has 0 radical (unpaired) electrons. The summed E-state index contributed by atoms with van der Waals surface area (Å²) < 4.78 is 5.34. The van der Waals surface area contributed by atoms with E-state index in [1.807, 2.05) is 6.92 Å². The Morgan fingerprint density at radius 1 is 1.21 bits per heavy atom. The van der Waals surface area contributed by atoms with Gasteiger partial charge in [-0.05, 0) is 32.9 Å². The topological polar surface area (TPSA) is 79.8 Å². The lowest BCUT2D eigenvalue weighted by molar-refractivity contribution is -0.136. The van der Waals surface area contributed by atoms with Gasteiger partial charge >= 0.3 is 11.8 Å². The highest BCUT2D eigenvalue weighted by Gasteiger charge is 2.15. The molecule has 6 nitrogen and oxygen atoms in total. The zero-order chi connectivity index (χ0) is 14.3. The molecule has 2 amide bonds. The van der Waals surface area contributed by atoms with Gasteiger partial charge in [0, 0.05) is 5.71 Å². The molecule has 0 unspecified atom stereocenters. The molecule has 102 valence electrons. The minimum absolute atomic E-state index is 0.446. The van der Waals surface area contributed by atoms with Crippen LogP contribution in [-0.2, 0) is 9.59 Å². The second kappa shape index (κ2) is 7.15. The SMILES string of the molecule is CCOc1ccccc1NC(=O)C(=O)NN=C(C)C. The predicted octanol–water partition coefficient (Wildman–Crippen LogP) is 1.54. The normalized spacial score (nSPS) is 9.42. The molecule has 0 atom stereocenters. The van der Waals surface area contributed by atoms with Crippen LogP contribution in [0.4, 0.5) is 5.69 Å². The summed E-state index contributed by atoms with van der Waals surface area (Å²) in [6.45, 7) is 5.73. The maximum atomic E-state index is 11.6. The standard InChI is InChI=1S/C13H17N3O3/c1-4-19-11-8-6-5-7-10(11)14-12(17)13(18)16-15-9(2)3/h5-8H,4H2,1-3H3,(H,14,17)(H,16,18). The lowest BCUT2D eigenvalue weighted by Gasteiger charge is -2.10. The van der Waals surface area contributed by atoms with Gasteiger partial charge in [-0.3, -0.25) is 9.59 Å². The van der Waals surface area contributed by atoms with Gasteiger partial charge in [-0.15, -0.1) is 0 Å². The summed E-state index contributed by atoms with van der Waals surface area (Å²) in [6.07, 6.45) is 0. The first-order valence-corrected chi connectivity index (χ1v) is 5.88. The van der Waals surface area contributed by atoms with Crippen molar-refractivity contribution in [1.29, 1.82) is 0 Å². The second-order valence-corrected chi connectivity index (χ2v) is 3.88. The lowest BCUT2D eigenvalue weighted by Crippen LogP contribution is -2.32. The summed E-state index contributed by atoms with van der Waals surface area (Å²) in [5.41, 5.74) is 3.24. The highest BCUT2D eigenvalue weighted by atomic mass is 16.5. The number of hydrogen-bond acceptors (Lipinski definition) is 4. The molecule has 0 fully saturated rings.